The lowest BCUT2D eigenvalue weighted by atomic mass is 9.82. The summed E-state index contributed by atoms with van der Waals surface area (Å²) in [5.41, 5.74) is 15.6. The van der Waals surface area contributed by atoms with Gasteiger partial charge in [-0.25, -0.2) is 4.98 Å². The smallest absolute Gasteiger partial charge is 0.222 e. The molecule has 2 aliphatic rings. The first-order valence-corrected chi connectivity index (χ1v) is 7.91. The second-order valence-corrected chi connectivity index (χ2v) is 6.35. The molecule has 1 aliphatic heterocycles. The van der Waals surface area contributed by atoms with Gasteiger partial charge in [0.1, 0.15) is 5.82 Å². The maximum Gasteiger partial charge on any atom is 0.222 e. The zero-order chi connectivity index (χ0) is 15.1. The molecule has 4 rings (SSSR count). The average molecular weight is 295 g/mol. The third-order valence-electron chi connectivity index (χ3n) is 4.75. The molecule has 1 aromatic carbocycles. The Morgan fingerprint density at radius 2 is 1.86 bits per heavy atom. The molecule has 22 heavy (non-hydrogen) atoms. The molecule has 1 aromatic heterocycles. The number of hydrogen-bond acceptors (Lipinski definition) is 5. The summed E-state index contributed by atoms with van der Waals surface area (Å²) in [5, 5.41) is 0. The summed E-state index contributed by atoms with van der Waals surface area (Å²) in [4.78, 5) is 11.2. The minimum absolute atomic E-state index is 0.257. The van der Waals surface area contributed by atoms with E-state index in [1.165, 1.54) is 11.1 Å². The Bertz CT molecular complexity index is 679. The quantitative estimate of drug-likeness (QED) is 0.877. The predicted octanol–water partition coefficient (Wildman–Crippen LogP) is 1.48. The number of hydrogen-bond donors (Lipinski definition) is 2. The molecule has 0 amide bonds. The number of anilines is 2. The van der Waals surface area contributed by atoms with Gasteiger partial charge in [-0.3, -0.25) is 0 Å². The molecule has 1 unspecified atom stereocenters. The molecule has 0 bridgehead atoms. The second kappa shape index (κ2) is 5.25. The van der Waals surface area contributed by atoms with Gasteiger partial charge in [0.05, 0.1) is 5.69 Å². The number of rotatable bonds is 2. The van der Waals surface area contributed by atoms with E-state index in [4.69, 9.17) is 11.5 Å². The van der Waals surface area contributed by atoms with Gasteiger partial charge in [-0.05, 0) is 30.7 Å². The lowest BCUT2D eigenvalue weighted by Crippen LogP contribution is -2.56. The van der Waals surface area contributed by atoms with Crippen molar-refractivity contribution in [2.75, 3.05) is 23.7 Å². The summed E-state index contributed by atoms with van der Waals surface area (Å²) in [6.07, 6.45) is 3.09. The van der Waals surface area contributed by atoms with Gasteiger partial charge in [0, 0.05) is 24.7 Å². The molecule has 2 heterocycles. The van der Waals surface area contributed by atoms with Crippen LogP contribution in [0.2, 0.25) is 0 Å². The number of nitrogen functional groups attached to an aromatic ring is 1. The van der Waals surface area contributed by atoms with Crippen LogP contribution in [0.4, 0.5) is 11.8 Å². The van der Waals surface area contributed by atoms with Gasteiger partial charge in [-0.2, -0.15) is 4.98 Å². The van der Waals surface area contributed by atoms with E-state index >= 15 is 0 Å². The minimum atomic E-state index is 0.257. The standard InChI is InChI=1S/C17H21N5/c18-13-9-22(10-13)16-14-7-6-12(11-4-2-1-3-5-11)8-15(14)20-17(19)21-16/h1-5,12-13H,6-10,18H2,(H2,19,20,21). The summed E-state index contributed by atoms with van der Waals surface area (Å²) >= 11 is 0. The van der Waals surface area contributed by atoms with Crippen LogP contribution < -0.4 is 16.4 Å². The third-order valence-corrected chi connectivity index (χ3v) is 4.75. The molecule has 1 aliphatic carbocycles. The monoisotopic (exact) mass is 295 g/mol. The Labute approximate surface area is 130 Å². The largest absolute Gasteiger partial charge is 0.368 e. The fraction of sp³-hybridized carbons (Fsp3) is 0.412. The van der Waals surface area contributed by atoms with E-state index in [0.29, 0.717) is 11.9 Å². The first-order valence-electron chi connectivity index (χ1n) is 7.91. The zero-order valence-corrected chi connectivity index (χ0v) is 12.6. The van der Waals surface area contributed by atoms with Crippen LogP contribution in [0, 0.1) is 0 Å². The molecule has 0 radical (unpaired) electrons. The highest BCUT2D eigenvalue weighted by molar-refractivity contribution is 5.55. The van der Waals surface area contributed by atoms with Crippen molar-refractivity contribution in [1.29, 1.82) is 0 Å². The van der Waals surface area contributed by atoms with Gasteiger partial charge < -0.3 is 16.4 Å². The number of nitrogens with two attached hydrogens (primary N) is 2. The lowest BCUT2D eigenvalue weighted by Gasteiger charge is -2.40. The maximum atomic E-state index is 5.94. The van der Waals surface area contributed by atoms with Gasteiger partial charge in [0.2, 0.25) is 5.95 Å². The van der Waals surface area contributed by atoms with E-state index in [9.17, 15) is 0 Å². The Hall–Kier alpha value is -2.14. The number of aromatic nitrogens is 2. The summed E-state index contributed by atoms with van der Waals surface area (Å²) in [6, 6.07) is 10.9. The lowest BCUT2D eigenvalue weighted by molar-refractivity contribution is 0.505. The summed E-state index contributed by atoms with van der Waals surface area (Å²) in [5.74, 6) is 1.91. The van der Waals surface area contributed by atoms with Crippen LogP contribution in [0.25, 0.3) is 0 Å². The van der Waals surface area contributed by atoms with Crippen molar-refractivity contribution in [1.82, 2.24) is 9.97 Å². The summed E-state index contributed by atoms with van der Waals surface area (Å²) < 4.78 is 0. The summed E-state index contributed by atoms with van der Waals surface area (Å²) in [6.45, 7) is 1.73. The highest BCUT2D eigenvalue weighted by Gasteiger charge is 2.31. The van der Waals surface area contributed by atoms with E-state index in [1.807, 2.05) is 0 Å². The van der Waals surface area contributed by atoms with Crippen molar-refractivity contribution >= 4 is 11.8 Å². The van der Waals surface area contributed by atoms with Crippen molar-refractivity contribution in [3.8, 4) is 0 Å². The molecule has 5 nitrogen and oxygen atoms in total. The molecular formula is C17H21N5. The highest BCUT2D eigenvalue weighted by Crippen LogP contribution is 2.36. The average Bonchev–Trinajstić information content (AvgIpc) is 2.51. The van der Waals surface area contributed by atoms with Crippen LogP contribution in [0.1, 0.15) is 29.2 Å². The van der Waals surface area contributed by atoms with Gasteiger partial charge in [0.25, 0.3) is 0 Å². The minimum Gasteiger partial charge on any atom is -0.368 e. The van der Waals surface area contributed by atoms with Crippen molar-refractivity contribution in [3.05, 3.63) is 47.2 Å². The molecule has 0 saturated carbocycles. The molecule has 4 N–H and O–H groups in total. The normalized spacial score (nSPS) is 21.3. The number of benzene rings is 1. The van der Waals surface area contributed by atoms with E-state index in [2.05, 4.69) is 45.2 Å². The van der Waals surface area contributed by atoms with Crippen LogP contribution in [-0.4, -0.2) is 29.1 Å². The van der Waals surface area contributed by atoms with E-state index in [0.717, 1.165) is 43.9 Å². The van der Waals surface area contributed by atoms with Crippen molar-refractivity contribution < 1.29 is 0 Å². The van der Waals surface area contributed by atoms with E-state index in [-0.39, 0.29) is 6.04 Å². The molecular weight excluding hydrogens is 274 g/mol. The first kappa shape index (κ1) is 13.5. The predicted molar refractivity (Wildman–Crippen MR) is 87.8 cm³/mol. The Kier molecular flexibility index (Phi) is 3.22. The maximum absolute atomic E-state index is 5.94. The molecule has 2 aromatic rings. The Morgan fingerprint density at radius 3 is 2.59 bits per heavy atom. The van der Waals surface area contributed by atoms with Crippen molar-refractivity contribution in [2.45, 2.75) is 31.2 Å². The van der Waals surface area contributed by atoms with Gasteiger partial charge in [-0.15, -0.1) is 0 Å². The molecule has 1 fully saturated rings. The molecule has 5 heteroatoms. The number of fused-ring (bicyclic) bond motifs is 1. The van der Waals surface area contributed by atoms with Crippen LogP contribution in [0.5, 0.6) is 0 Å². The Balaban J connectivity index is 1.65. The third kappa shape index (κ3) is 2.31. The van der Waals surface area contributed by atoms with Crippen LogP contribution >= 0.6 is 0 Å². The molecule has 114 valence electrons. The van der Waals surface area contributed by atoms with Gasteiger partial charge >= 0.3 is 0 Å². The zero-order valence-electron chi connectivity index (χ0n) is 12.6. The van der Waals surface area contributed by atoms with Crippen LogP contribution in [-0.2, 0) is 12.8 Å². The topological polar surface area (TPSA) is 81.1 Å². The van der Waals surface area contributed by atoms with Gasteiger partial charge in [-0.1, -0.05) is 30.3 Å². The highest BCUT2D eigenvalue weighted by atomic mass is 15.3. The van der Waals surface area contributed by atoms with Gasteiger partial charge in [0.15, 0.2) is 0 Å². The molecule has 1 saturated heterocycles. The second-order valence-electron chi connectivity index (χ2n) is 6.35. The summed E-state index contributed by atoms with van der Waals surface area (Å²) in [7, 11) is 0. The molecule has 1 atom stereocenters. The molecule has 0 spiro atoms. The van der Waals surface area contributed by atoms with E-state index < -0.39 is 0 Å². The fourth-order valence-corrected chi connectivity index (χ4v) is 3.57. The number of nitrogens with zero attached hydrogens (tertiary/aromatic N) is 3. The Morgan fingerprint density at radius 1 is 1.09 bits per heavy atom. The first-order chi connectivity index (χ1) is 10.7. The van der Waals surface area contributed by atoms with Crippen molar-refractivity contribution in [3.63, 3.8) is 0 Å². The SMILES string of the molecule is Nc1nc2c(c(N3CC(N)C3)n1)CCC(c1ccccc1)C2. The fourth-order valence-electron chi connectivity index (χ4n) is 3.57. The van der Waals surface area contributed by atoms with Crippen LogP contribution in [0.15, 0.2) is 30.3 Å². The van der Waals surface area contributed by atoms with E-state index in [1.54, 1.807) is 0 Å². The van der Waals surface area contributed by atoms with Crippen molar-refractivity contribution in [2.24, 2.45) is 5.73 Å². The van der Waals surface area contributed by atoms with Crippen LogP contribution in [0.3, 0.4) is 0 Å².